The Labute approximate surface area is 141 Å². The number of fused-ring (bicyclic) bond motifs is 1. The molecular formula is C16H17ClF3N3O. The monoisotopic (exact) mass is 359 g/mol. The average molecular weight is 360 g/mol. The van der Waals surface area contributed by atoms with Crippen molar-refractivity contribution < 1.29 is 18.3 Å². The molecule has 4 nitrogen and oxygen atoms in total. The Morgan fingerprint density at radius 2 is 1.88 bits per heavy atom. The van der Waals surface area contributed by atoms with Gasteiger partial charge < -0.3 is 16.6 Å². The van der Waals surface area contributed by atoms with Crippen LogP contribution in [0.1, 0.15) is 25.1 Å². The zero-order valence-corrected chi connectivity index (χ0v) is 13.8. The number of hydrogen-bond donors (Lipinski definition) is 3. The summed E-state index contributed by atoms with van der Waals surface area (Å²) in [6.07, 6.45) is -3.57. The van der Waals surface area contributed by atoms with E-state index in [1.165, 1.54) is 18.2 Å². The lowest BCUT2D eigenvalue weighted by Crippen LogP contribution is -2.39. The van der Waals surface area contributed by atoms with Gasteiger partial charge >= 0.3 is 6.18 Å². The third-order valence-electron chi connectivity index (χ3n) is 3.95. The summed E-state index contributed by atoms with van der Waals surface area (Å²) in [5.41, 5.74) is 8.67. The van der Waals surface area contributed by atoms with Crippen LogP contribution in [0.2, 0.25) is 5.02 Å². The molecule has 1 aromatic carbocycles. The lowest BCUT2D eigenvalue weighted by atomic mass is 9.83. The number of rotatable bonds is 3. The van der Waals surface area contributed by atoms with Crippen molar-refractivity contribution in [1.29, 1.82) is 0 Å². The van der Waals surface area contributed by atoms with Crippen molar-refractivity contribution in [2.75, 3.05) is 0 Å². The molecule has 2 aromatic rings. The molecule has 1 aromatic heterocycles. The maximum absolute atomic E-state index is 13.2. The van der Waals surface area contributed by atoms with Gasteiger partial charge in [0, 0.05) is 11.6 Å². The van der Waals surface area contributed by atoms with Crippen molar-refractivity contribution in [2.24, 2.45) is 17.4 Å². The fraction of sp³-hybridized carbons (Fsp3) is 0.312. The van der Waals surface area contributed by atoms with Crippen LogP contribution in [0.25, 0.3) is 10.9 Å². The van der Waals surface area contributed by atoms with Crippen LogP contribution in [0.4, 0.5) is 13.2 Å². The molecule has 1 unspecified atom stereocenters. The molecule has 0 aliphatic heterocycles. The van der Waals surface area contributed by atoms with Crippen molar-refractivity contribution in [2.45, 2.75) is 25.6 Å². The van der Waals surface area contributed by atoms with E-state index in [-0.39, 0.29) is 22.3 Å². The molecule has 0 saturated heterocycles. The Kier molecular flexibility index (Phi) is 4.70. The molecule has 24 heavy (non-hydrogen) atoms. The molecule has 2 rings (SSSR count). The van der Waals surface area contributed by atoms with Crippen LogP contribution in [0, 0.1) is 5.92 Å². The molecule has 0 bridgehead atoms. The fourth-order valence-electron chi connectivity index (χ4n) is 2.58. The zero-order chi connectivity index (χ0) is 18.3. The minimum atomic E-state index is -4.62. The van der Waals surface area contributed by atoms with Gasteiger partial charge in [-0.1, -0.05) is 31.5 Å². The molecule has 0 radical (unpaired) electrons. The largest absolute Gasteiger partial charge is 0.418 e. The maximum Gasteiger partial charge on any atom is 0.418 e. The molecule has 5 N–H and O–H groups in total. The summed E-state index contributed by atoms with van der Waals surface area (Å²) in [6, 6.07) is 5.01. The second-order valence-corrected chi connectivity index (χ2v) is 6.13. The first kappa shape index (κ1) is 18.4. The van der Waals surface area contributed by atoms with Crippen molar-refractivity contribution in [1.82, 2.24) is 4.98 Å². The lowest BCUT2D eigenvalue weighted by molar-refractivity contribution is -0.136. The normalized spacial score (nSPS) is 15.8. The van der Waals surface area contributed by atoms with Gasteiger partial charge in [0.15, 0.2) is 0 Å². The van der Waals surface area contributed by atoms with Gasteiger partial charge in [-0.25, -0.2) is 4.98 Å². The first-order valence-electron chi connectivity index (χ1n) is 7.10. The summed E-state index contributed by atoms with van der Waals surface area (Å²) < 4.78 is 39.7. The molecule has 1 atom stereocenters. The van der Waals surface area contributed by atoms with Crippen molar-refractivity contribution in [3.63, 3.8) is 0 Å². The van der Waals surface area contributed by atoms with Crippen LogP contribution in [0.3, 0.4) is 0 Å². The minimum absolute atomic E-state index is 0.0330. The van der Waals surface area contributed by atoms with Gasteiger partial charge in [-0.2, -0.15) is 13.2 Å². The summed E-state index contributed by atoms with van der Waals surface area (Å²) in [5.74, 6) is -0.406. The summed E-state index contributed by atoms with van der Waals surface area (Å²) in [7, 11) is 0. The molecule has 0 saturated carbocycles. The van der Waals surface area contributed by atoms with Gasteiger partial charge in [-0.15, -0.1) is 0 Å². The summed E-state index contributed by atoms with van der Waals surface area (Å²) in [4.78, 5) is 4.17. The van der Waals surface area contributed by atoms with Gasteiger partial charge in [0.25, 0.3) is 0 Å². The summed E-state index contributed by atoms with van der Waals surface area (Å²) in [6.45, 7) is 3.40. The number of nitrogens with two attached hydrogens (primary N) is 2. The predicted octanol–water partition coefficient (Wildman–Crippen LogP) is 3.51. The number of halogens is 4. The van der Waals surface area contributed by atoms with Gasteiger partial charge in [0.2, 0.25) is 0 Å². The SMILES string of the molecule is CC(C)C(O)(/C(N)=C/N)c1ccc2c(C(F)(F)F)c(Cl)ccc2n1. The van der Waals surface area contributed by atoms with Gasteiger partial charge in [-0.3, -0.25) is 0 Å². The molecular weight excluding hydrogens is 343 g/mol. The number of alkyl halides is 3. The smallest absolute Gasteiger partial charge is 0.403 e. The van der Waals surface area contributed by atoms with E-state index in [0.717, 1.165) is 12.3 Å². The number of aromatic nitrogens is 1. The Hall–Kier alpha value is -1.99. The molecule has 8 heteroatoms. The zero-order valence-electron chi connectivity index (χ0n) is 13.0. The van der Waals surface area contributed by atoms with Gasteiger partial charge in [0.05, 0.1) is 27.5 Å². The topological polar surface area (TPSA) is 85.2 Å². The van der Waals surface area contributed by atoms with Crippen molar-refractivity contribution in [3.05, 3.63) is 52.4 Å². The highest BCUT2D eigenvalue weighted by atomic mass is 35.5. The quantitative estimate of drug-likeness (QED) is 0.782. The van der Waals surface area contributed by atoms with Gasteiger partial charge in [-0.05, 0) is 24.1 Å². The standard InChI is InChI=1S/C16H17ClF3N3O/c1-8(2)15(24,12(22)7-21)13-6-3-9-11(23-13)5-4-10(17)14(9)16(18,19)20/h3-8,24H,21-22H2,1-2H3/b12-7-. The van der Waals surface area contributed by atoms with Crippen LogP contribution in [0.5, 0.6) is 0 Å². The third kappa shape index (κ3) is 2.89. The van der Waals surface area contributed by atoms with E-state index in [1.54, 1.807) is 13.8 Å². The van der Waals surface area contributed by atoms with Crippen molar-refractivity contribution >= 4 is 22.5 Å². The van der Waals surface area contributed by atoms with E-state index in [4.69, 9.17) is 23.1 Å². The third-order valence-corrected chi connectivity index (χ3v) is 4.26. The first-order chi connectivity index (χ1) is 11.0. The summed E-state index contributed by atoms with van der Waals surface area (Å²) >= 11 is 5.70. The molecule has 0 amide bonds. The Morgan fingerprint density at radius 3 is 2.38 bits per heavy atom. The molecule has 0 aliphatic carbocycles. The highest BCUT2D eigenvalue weighted by Crippen LogP contribution is 2.40. The van der Waals surface area contributed by atoms with Crippen LogP contribution in [-0.2, 0) is 11.8 Å². The number of nitrogens with zero attached hydrogens (tertiary/aromatic N) is 1. The predicted molar refractivity (Wildman–Crippen MR) is 86.9 cm³/mol. The molecule has 0 spiro atoms. The highest BCUT2D eigenvalue weighted by Gasteiger charge is 2.39. The maximum atomic E-state index is 13.2. The van der Waals surface area contributed by atoms with Crippen LogP contribution in [0.15, 0.2) is 36.2 Å². The molecule has 0 aliphatic rings. The summed E-state index contributed by atoms with van der Waals surface area (Å²) in [5, 5.41) is 10.3. The van der Waals surface area contributed by atoms with Crippen molar-refractivity contribution in [3.8, 4) is 0 Å². The number of hydrogen-bond acceptors (Lipinski definition) is 4. The number of aliphatic hydroxyl groups is 1. The second kappa shape index (κ2) is 6.14. The Morgan fingerprint density at radius 1 is 1.25 bits per heavy atom. The average Bonchev–Trinajstić information content (AvgIpc) is 2.51. The Bertz CT molecular complexity index is 805. The van der Waals surface area contributed by atoms with E-state index in [9.17, 15) is 18.3 Å². The van der Waals surface area contributed by atoms with Crippen LogP contribution in [-0.4, -0.2) is 10.1 Å². The van der Waals surface area contributed by atoms with Crippen LogP contribution >= 0.6 is 11.6 Å². The minimum Gasteiger partial charge on any atom is -0.403 e. The lowest BCUT2D eigenvalue weighted by Gasteiger charge is -2.32. The number of benzene rings is 1. The molecule has 0 fully saturated rings. The molecule has 1 heterocycles. The first-order valence-corrected chi connectivity index (χ1v) is 7.48. The van der Waals surface area contributed by atoms with E-state index in [2.05, 4.69) is 4.98 Å². The Balaban J connectivity index is 2.76. The van der Waals surface area contributed by atoms with E-state index in [1.807, 2.05) is 0 Å². The van der Waals surface area contributed by atoms with Gasteiger partial charge in [0.1, 0.15) is 5.60 Å². The molecule has 130 valence electrons. The van der Waals surface area contributed by atoms with E-state index in [0.29, 0.717) is 0 Å². The number of pyridine rings is 1. The van der Waals surface area contributed by atoms with E-state index >= 15 is 0 Å². The van der Waals surface area contributed by atoms with E-state index < -0.39 is 28.3 Å². The fourth-order valence-corrected chi connectivity index (χ4v) is 2.85. The van der Waals surface area contributed by atoms with Crippen LogP contribution < -0.4 is 11.5 Å². The second-order valence-electron chi connectivity index (χ2n) is 5.73. The highest BCUT2D eigenvalue weighted by molar-refractivity contribution is 6.32.